The van der Waals surface area contributed by atoms with Crippen LogP contribution in [0.5, 0.6) is 0 Å². The van der Waals surface area contributed by atoms with Gasteiger partial charge in [-0.2, -0.15) is 0 Å². The molecule has 0 aliphatic rings. The summed E-state index contributed by atoms with van der Waals surface area (Å²) in [5, 5.41) is 4.05. The van der Waals surface area contributed by atoms with E-state index in [4.69, 9.17) is 5.73 Å². The van der Waals surface area contributed by atoms with Crippen LogP contribution >= 0.6 is 27.3 Å². The van der Waals surface area contributed by atoms with Crippen molar-refractivity contribution in [2.45, 2.75) is 6.04 Å². The van der Waals surface area contributed by atoms with Gasteiger partial charge in [-0.1, -0.05) is 6.07 Å². The van der Waals surface area contributed by atoms with Crippen molar-refractivity contribution in [3.8, 4) is 0 Å². The number of thiophene rings is 1. The largest absolute Gasteiger partial charge is 0.322 e. The average molecular weight is 347 g/mol. The van der Waals surface area contributed by atoms with Crippen LogP contribution in [0, 0.1) is 11.6 Å². The van der Waals surface area contributed by atoms with Gasteiger partial charge in [0.05, 0.1) is 10.2 Å². The molecule has 0 saturated heterocycles. The molecule has 1 amide bonds. The van der Waals surface area contributed by atoms with Crippen molar-refractivity contribution < 1.29 is 13.6 Å². The lowest BCUT2D eigenvalue weighted by Gasteiger charge is -2.11. The summed E-state index contributed by atoms with van der Waals surface area (Å²) in [6.45, 7) is 0. The van der Waals surface area contributed by atoms with Crippen molar-refractivity contribution in [3.63, 3.8) is 0 Å². The molecule has 0 aliphatic heterocycles. The minimum absolute atomic E-state index is 0.00875. The number of hydrogen-bond acceptors (Lipinski definition) is 3. The Balaban J connectivity index is 2.17. The molecule has 0 bridgehead atoms. The van der Waals surface area contributed by atoms with Gasteiger partial charge in [0, 0.05) is 10.9 Å². The Labute approximate surface area is 120 Å². The fraction of sp³-hybridized carbons (Fsp3) is 0.0833. The Kier molecular flexibility index (Phi) is 4.28. The zero-order valence-corrected chi connectivity index (χ0v) is 11.9. The molecule has 2 aromatic rings. The van der Waals surface area contributed by atoms with Crippen molar-refractivity contribution in [1.29, 1.82) is 0 Å². The second-order valence-electron chi connectivity index (χ2n) is 3.73. The molecule has 0 radical (unpaired) electrons. The first-order valence-corrected chi connectivity index (χ1v) is 6.90. The minimum atomic E-state index is -0.911. The van der Waals surface area contributed by atoms with Crippen molar-refractivity contribution >= 4 is 38.9 Å². The summed E-state index contributed by atoms with van der Waals surface area (Å²) in [5.41, 5.74) is 5.48. The first-order chi connectivity index (χ1) is 8.99. The van der Waals surface area contributed by atoms with E-state index in [9.17, 15) is 13.6 Å². The van der Waals surface area contributed by atoms with E-state index >= 15 is 0 Å². The maximum Gasteiger partial charge on any atom is 0.246 e. The third-order valence-electron chi connectivity index (χ3n) is 2.40. The summed E-state index contributed by atoms with van der Waals surface area (Å²) >= 11 is 4.17. The number of carbonyl (C=O) groups is 1. The number of rotatable bonds is 3. The van der Waals surface area contributed by atoms with Gasteiger partial charge >= 0.3 is 0 Å². The lowest BCUT2D eigenvalue weighted by Crippen LogP contribution is -2.27. The van der Waals surface area contributed by atoms with Gasteiger partial charge in [0.2, 0.25) is 5.91 Å². The summed E-state index contributed by atoms with van der Waals surface area (Å²) in [5.74, 6) is -2.00. The predicted octanol–water partition coefficient (Wildman–Crippen LogP) is 3.43. The molecule has 0 fully saturated rings. The molecule has 1 heterocycles. The van der Waals surface area contributed by atoms with E-state index < -0.39 is 23.6 Å². The molecule has 3 nitrogen and oxygen atoms in total. The van der Waals surface area contributed by atoms with E-state index in [1.165, 1.54) is 11.3 Å². The van der Waals surface area contributed by atoms with E-state index in [1.807, 2.05) is 0 Å². The smallest absolute Gasteiger partial charge is 0.246 e. The number of amides is 1. The second-order valence-corrected chi connectivity index (χ2v) is 5.56. The van der Waals surface area contributed by atoms with E-state index in [1.54, 1.807) is 17.5 Å². The zero-order chi connectivity index (χ0) is 14.0. The van der Waals surface area contributed by atoms with Gasteiger partial charge in [-0.05, 0) is 33.4 Å². The lowest BCUT2D eigenvalue weighted by molar-refractivity contribution is -0.117. The molecule has 3 N–H and O–H groups in total. The molecule has 7 heteroatoms. The molecular formula is C12H9BrF2N2OS. The highest BCUT2D eigenvalue weighted by atomic mass is 79.9. The predicted molar refractivity (Wildman–Crippen MR) is 73.9 cm³/mol. The first-order valence-electron chi connectivity index (χ1n) is 5.23. The Bertz CT molecular complexity index is 604. The van der Waals surface area contributed by atoms with Gasteiger partial charge in [0.25, 0.3) is 0 Å². The van der Waals surface area contributed by atoms with Crippen LogP contribution in [0.15, 0.2) is 34.1 Å². The fourth-order valence-electron chi connectivity index (χ4n) is 1.43. The normalized spacial score (nSPS) is 12.2. The first kappa shape index (κ1) is 14.1. The average Bonchev–Trinajstić information content (AvgIpc) is 2.88. The maximum atomic E-state index is 13.5. The fourth-order valence-corrected chi connectivity index (χ4v) is 2.47. The molecule has 2 rings (SSSR count). The molecule has 1 aromatic heterocycles. The van der Waals surface area contributed by atoms with Gasteiger partial charge in [0.1, 0.15) is 17.7 Å². The third kappa shape index (κ3) is 3.17. The minimum Gasteiger partial charge on any atom is -0.322 e. The van der Waals surface area contributed by atoms with Crippen molar-refractivity contribution in [2.24, 2.45) is 5.73 Å². The molecule has 0 aliphatic carbocycles. The topological polar surface area (TPSA) is 55.1 Å². The number of halogens is 3. The van der Waals surface area contributed by atoms with Crippen LogP contribution in [-0.2, 0) is 4.79 Å². The number of nitrogens with two attached hydrogens (primary N) is 1. The molecule has 1 aromatic carbocycles. The zero-order valence-electron chi connectivity index (χ0n) is 9.49. The highest BCUT2D eigenvalue weighted by Crippen LogP contribution is 2.25. The quantitative estimate of drug-likeness (QED) is 0.836. The monoisotopic (exact) mass is 346 g/mol. The van der Waals surface area contributed by atoms with E-state index in [0.29, 0.717) is 4.88 Å². The Morgan fingerprint density at radius 2 is 2.11 bits per heavy atom. The molecule has 19 heavy (non-hydrogen) atoms. The third-order valence-corrected chi connectivity index (χ3v) is 3.96. The van der Waals surface area contributed by atoms with Gasteiger partial charge in [0.15, 0.2) is 0 Å². The van der Waals surface area contributed by atoms with Crippen LogP contribution in [0.2, 0.25) is 0 Å². The summed E-state index contributed by atoms with van der Waals surface area (Å²) in [6.07, 6.45) is 0. The van der Waals surface area contributed by atoms with E-state index in [0.717, 1.165) is 12.1 Å². The van der Waals surface area contributed by atoms with Crippen LogP contribution < -0.4 is 11.1 Å². The number of anilines is 1. The Hall–Kier alpha value is -1.31. The maximum absolute atomic E-state index is 13.5. The van der Waals surface area contributed by atoms with E-state index in [2.05, 4.69) is 21.2 Å². The molecule has 1 unspecified atom stereocenters. The van der Waals surface area contributed by atoms with Crippen LogP contribution in [0.25, 0.3) is 0 Å². The van der Waals surface area contributed by atoms with Gasteiger partial charge in [-0.15, -0.1) is 11.3 Å². The van der Waals surface area contributed by atoms with Gasteiger partial charge in [-0.25, -0.2) is 8.78 Å². The number of benzene rings is 1. The molecular weight excluding hydrogens is 338 g/mol. The molecule has 0 saturated carbocycles. The standard InChI is InChI=1S/C12H9BrF2N2OS/c13-6-4-8(15)9(5-7(6)14)17-12(18)11(16)10-2-1-3-19-10/h1-5,11H,16H2,(H,17,18). The van der Waals surface area contributed by atoms with Crippen LogP contribution in [0.4, 0.5) is 14.5 Å². The highest BCUT2D eigenvalue weighted by Gasteiger charge is 2.19. The SMILES string of the molecule is NC(C(=O)Nc1cc(F)c(Br)cc1F)c1cccs1. The van der Waals surface area contributed by atoms with Crippen LogP contribution in [-0.4, -0.2) is 5.91 Å². The molecule has 100 valence electrons. The Morgan fingerprint density at radius 1 is 1.37 bits per heavy atom. The summed E-state index contributed by atoms with van der Waals surface area (Å²) < 4.78 is 26.8. The van der Waals surface area contributed by atoms with E-state index in [-0.39, 0.29) is 10.2 Å². The van der Waals surface area contributed by atoms with Gasteiger partial charge < -0.3 is 11.1 Å². The number of nitrogens with one attached hydrogen (secondary N) is 1. The summed E-state index contributed by atoms with van der Waals surface area (Å²) in [6, 6.07) is 4.40. The molecule has 0 spiro atoms. The molecule has 1 atom stereocenters. The van der Waals surface area contributed by atoms with Gasteiger partial charge in [-0.3, -0.25) is 4.79 Å². The Morgan fingerprint density at radius 3 is 2.74 bits per heavy atom. The highest BCUT2D eigenvalue weighted by molar-refractivity contribution is 9.10. The summed E-state index contributed by atoms with van der Waals surface area (Å²) in [7, 11) is 0. The summed E-state index contributed by atoms with van der Waals surface area (Å²) in [4.78, 5) is 12.5. The van der Waals surface area contributed by atoms with Crippen molar-refractivity contribution in [1.82, 2.24) is 0 Å². The lowest BCUT2D eigenvalue weighted by atomic mass is 10.2. The van der Waals surface area contributed by atoms with Crippen LogP contribution in [0.3, 0.4) is 0 Å². The van der Waals surface area contributed by atoms with Crippen LogP contribution in [0.1, 0.15) is 10.9 Å². The number of hydrogen-bond donors (Lipinski definition) is 2. The van der Waals surface area contributed by atoms with Crippen molar-refractivity contribution in [3.05, 3.63) is 50.6 Å². The number of carbonyl (C=O) groups excluding carboxylic acids is 1. The second kappa shape index (κ2) is 5.77. The van der Waals surface area contributed by atoms with Crippen molar-refractivity contribution in [2.75, 3.05) is 5.32 Å².